The molecule has 2 heterocycles. The van der Waals surface area contributed by atoms with E-state index >= 15 is 0 Å². The number of nitrogens with zero attached hydrogens (tertiary/aromatic N) is 3. The van der Waals surface area contributed by atoms with Gasteiger partial charge in [-0.25, -0.2) is 9.78 Å². The number of pyridine rings is 2. The molecule has 0 aliphatic rings. The molecule has 13 heteroatoms. The first-order valence-electron chi connectivity index (χ1n) is 10.2. The van der Waals surface area contributed by atoms with Crippen molar-refractivity contribution in [3.8, 4) is 11.4 Å². The van der Waals surface area contributed by atoms with Crippen molar-refractivity contribution in [2.75, 3.05) is 19.9 Å². The van der Waals surface area contributed by atoms with Crippen molar-refractivity contribution in [1.29, 1.82) is 0 Å². The van der Waals surface area contributed by atoms with Crippen molar-refractivity contribution < 1.29 is 48.8 Å². The van der Waals surface area contributed by atoms with Gasteiger partial charge in [0.2, 0.25) is 0 Å². The molecule has 2 rings (SSSR count). The lowest BCUT2D eigenvalue weighted by Crippen LogP contribution is -2.31. The summed E-state index contributed by atoms with van der Waals surface area (Å²) in [7, 11) is 0. The highest BCUT2D eigenvalue weighted by Gasteiger charge is 2.18. The van der Waals surface area contributed by atoms with E-state index in [0.717, 1.165) is 0 Å². The summed E-state index contributed by atoms with van der Waals surface area (Å²) in [5, 5.41) is 27.7. The summed E-state index contributed by atoms with van der Waals surface area (Å²) in [6.07, 6.45) is -0.0756. The van der Waals surface area contributed by atoms with Gasteiger partial charge in [0, 0.05) is 18.2 Å². The van der Waals surface area contributed by atoms with Crippen LogP contribution in [0.15, 0.2) is 30.3 Å². The first-order chi connectivity index (χ1) is 16.7. The number of aromatic carboxylic acids is 1. The maximum atomic E-state index is 11.7. The van der Waals surface area contributed by atoms with E-state index in [0.29, 0.717) is 11.4 Å². The Morgan fingerprint density at radius 2 is 1.66 bits per heavy atom. The molecule has 0 radical (unpaired) electrons. The fourth-order valence-electron chi connectivity index (χ4n) is 3.27. The standard InChI is InChI=1S/C22H23N3O10/c26-12-34-10-14(5-20(28)29)4-16-2-1-3-18(23-16)19-7-15(22(32)33)6-17(24-19)8-25(9-21(30)31)11-35-13-27/h1-3,6-7,12-14H,4-5,8-11H2,(H,28,29)(H,30,31)(H,32,33). The van der Waals surface area contributed by atoms with Gasteiger partial charge in [0.05, 0.1) is 42.2 Å². The van der Waals surface area contributed by atoms with E-state index in [9.17, 15) is 29.1 Å². The van der Waals surface area contributed by atoms with Gasteiger partial charge in [-0.3, -0.25) is 29.1 Å². The SMILES string of the molecule is O=COCC(CC(=O)O)Cc1cccc(-c2cc(C(=O)O)cc(CN(COC=O)CC(=O)O)n2)n1. The lowest BCUT2D eigenvalue weighted by atomic mass is 9.99. The summed E-state index contributed by atoms with van der Waals surface area (Å²) in [5.41, 5.74) is 1.04. The molecule has 1 atom stereocenters. The minimum atomic E-state index is -1.24. The Hall–Kier alpha value is -4.39. The van der Waals surface area contributed by atoms with Crippen LogP contribution in [-0.4, -0.2) is 80.9 Å². The predicted octanol–water partition coefficient (Wildman–Crippen LogP) is 0.665. The molecule has 0 spiro atoms. The minimum Gasteiger partial charge on any atom is -0.481 e. The van der Waals surface area contributed by atoms with Gasteiger partial charge < -0.3 is 24.8 Å². The van der Waals surface area contributed by atoms with Gasteiger partial charge in [0.25, 0.3) is 12.9 Å². The number of hydrogen-bond donors (Lipinski definition) is 3. The van der Waals surface area contributed by atoms with Crippen molar-refractivity contribution in [3.05, 3.63) is 47.3 Å². The second-order valence-corrected chi connectivity index (χ2v) is 7.42. The number of aromatic nitrogens is 2. The fourth-order valence-corrected chi connectivity index (χ4v) is 3.27. The Morgan fingerprint density at radius 1 is 0.943 bits per heavy atom. The smallest absolute Gasteiger partial charge is 0.335 e. The van der Waals surface area contributed by atoms with Crippen molar-refractivity contribution in [1.82, 2.24) is 14.9 Å². The van der Waals surface area contributed by atoms with E-state index in [2.05, 4.69) is 14.7 Å². The van der Waals surface area contributed by atoms with Crippen LogP contribution >= 0.6 is 0 Å². The van der Waals surface area contributed by atoms with E-state index in [1.165, 1.54) is 17.0 Å². The van der Waals surface area contributed by atoms with E-state index in [1.807, 2.05) is 0 Å². The summed E-state index contributed by atoms with van der Waals surface area (Å²) >= 11 is 0. The second kappa shape index (κ2) is 13.3. The molecule has 0 amide bonds. The van der Waals surface area contributed by atoms with Gasteiger partial charge in [-0.2, -0.15) is 0 Å². The highest BCUT2D eigenvalue weighted by molar-refractivity contribution is 5.89. The van der Waals surface area contributed by atoms with Crippen LogP contribution in [0.4, 0.5) is 0 Å². The van der Waals surface area contributed by atoms with Gasteiger partial charge in [-0.15, -0.1) is 0 Å². The lowest BCUT2D eigenvalue weighted by molar-refractivity contribution is -0.143. The van der Waals surface area contributed by atoms with Gasteiger partial charge in [0.15, 0.2) is 0 Å². The molecule has 186 valence electrons. The van der Waals surface area contributed by atoms with Gasteiger partial charge >= 0.3 is 17.9 Å². The number of carbonyl (C=O) groups is 5. The molecule has 2 aromatic rings. The molecule has 0 saturated carbocycles. The summed E-state index contributed by atoms with van der Waals surface area (Å²) in [5.74, 6) is -4.02. The molecule has 13 nitrogen and oxygen atoms in total. The first kappa shape index (κ1) is 26.9. The molecule has 0 saturated heterocycles. The second-order valence-electron chi connectivity index (χ2n) is 7.42. The molecule has 1 unspecified atom stereocenters. The van der Waals surface area contributed by atoms with Crippen molar-refractivity contribution in [2.45, 2.75) is 19.4 Å². The number of carboxylic acid groups (broad SMARTS) is 3. The third-order valence-corrected chi connectivity index (χ3v) is 4.63. The zero-order chi connectivity index (χ0) is 25.8. The number of hydrogen-bond acceptors (Lipinski definition) is 10. The van der Waals surface area contributed by atoms with Crippen LogP contribution in [0, 0.1) is 5.92 Å². The first-order valence-corrected chi connectivity index (χ1v) is 10.2. The molecule has 0 fully saturated rings. The molecule has 2 aromatic heterocycles. The highest BCUT2D eigenvalue weighted by Crippen LogP contribution is 2.21. The highest BCUT2D eigenvalue weighted by atomic mass is 16.5. The summed E-state index contributed by atoms with van der Waals surface area (Å²) in [4.78, 5) is 65.0. The average molecular weight is 489 g/mol. The zero-order valence-corrected chi connectivity index (χ0v) is 18.4. The number of ether oxygens (including phenoxy) is 2. The van der Waals surface area contributed by atoms with Crippen LogP contribution in [0.2, 0.25) is 0 Å². The lowest BCUT2D eigenvalue weighted by Gasteiger charge is -2.19. The third-order valence-electron chi connectivity index (χ3n) is 4.63. The van der Waals surface area contributed by atoms with E-state index in [1.54, 1.807) is 18.2 Å². The number of carbonyl (C=O) groups excluding carboxylic acids is 2. The van der Waals surface area contributed by atoms with Crippen molar-refractivity contribution >= 4 is 30.9 Å². The summed E-state index contributed by atoms with van der Waals surface area (Å²) in [6.45, 7) is -0.669. The van der Waals surface area contributed by atoms with Gasteiger partial charge in [0.1, 0.15) is 6.73 Å². The fraction of sp³-hybridized carbons (Fsp3) is 0.318. The third kappa shape index (κ3) is 9.17. The molecule has 0 aliphatic heterocycles. The van der Waals surface area contributed by atoms with E-state index in [-0.39, 0.29) is 62.6 Å². The Kier molecular flexibility index (Phi) is 10.2. The van der Waals surface area contributed by atoms with Gasteiger partial charge in [-0.05, 0) is 30.7 Å². The Bertz CT molecular complexity index is 1080. The largest absolute Gasteiger partial charge is 0.481 e. The van der Waals surface area contributed by atoms with Crippen molar-refractivity contribution in [3.63, 3.8) is 0 Å². The monoisotopic (exact) mass is 489 g/mol. The molecule has 3 N–H and O–H groups in total. The van der Waals surface area contributed by atoms with E-state index in [4.69, 9.17) is 14.9 Å². The molecular weight excluding hydrogens is 466 g/mol. The van der Waals surface area contributed by atoms with Crippen LogP contribution in [0.5, 0.6) is 0 Å². The molecular formula is C22H23N3O10. The number of aliphatic carboxylic acids is 2. The maximum absolute atomic E-state index is 11.7. The average Bonchev–Trinajstić information content (AvgIpc) is 2.80. The number of carboxylic acids is 3. The van der Waals surface area contributed by atoms with Crippen LogP contribution < -0.4 is 0 Å². The molecule has 0 aromatic carbocycles. The predicted molar refractivity (Wildman–Crippen MR) is 116 cm³/mol. The molecule has 35 heavy (non-hydrogen) atoms. The van der Waals surface area contributed by atoms with Crippen LogP contribution in [0.1, 0.15) is 28.2 Å². The zero-order valence-electron chi connectivity index (χ0n) is 18.4. The summed E-state index contributed by atoms with van der Waals surface area (Å²) in [6, 6.07) is 7.43. The van der Waals surface area contributed by atoms with E-state index < -0.39 is 30.4 Å². The minimum absolute atomic E-state index is 0.110. The Balaban J connectivity index is 2.36. The molecule has 0 aliphatic carbocycles. The van der Waals surface area contributed by atoms with Crippen molar-refractivity contribution in [2.24, 2.45) is 5.92 Å². The topological polar surface area (TPSA) is 194 Å². The Labute approximate surface area is 198 Å². The maximum Gasteiger partial charge on any atom is 0.335 e. The van der Waals surface area contributed by atoms with Crippen LogP contribution in [0.25, 0.3) is 11.4 Å². The number of rotatable bonds is 16. The molecule has 0 bridgehead atoms. The normalized spacial score (nSPS) is 11.5. The van der Waals surface area contributed by atoms with Crippen LogP contribution in [-0.2, 0) is 41.6 Å². The summed E-state index contributed by atoms with van der Waals surface area (Å²) < 4.78 is 9.33. The Morgan fingerprint density at radius 3 is 2.29 bits per heavy atom. The van der Waals surface area contributed by atoms with Gasteiger partial charge in [-0.1, -0.05) is 6.07 Å². The van der Waals surface area contributed by atoms with Crippen LogP contribution in [0.3, 0.4) is 0 Å². The quantitative estimate of drug-likeness (QED) is 0.220.